The van der Waals surface area contributed by atoms with Crippen LogP contribution in [-0.4, -0.2) is 26.6 Å². The number of nitrogens with zero attached hydrogens (tertiary/aromatic N) is 2. The summed E-state index contributed by atoms with van der Waals surface area (Å²) in [6, 6.07) is 26.8. The Labute approximate surface area is 256 Å². The summed E-state index contributed by atoms with van der Waals surface area (Å²) < 4.78 is 2.56. The molecule has 41 heavy (non-hydrogen) atoms. The first kappa shape index (κ1) is 28.6. The van der Waals surface area contributed by atoms with Crippen molar-refractivity contribution in [2.45, 2.75) is 17.2 Å². The molecule has 0 bridgehead atoms. The highest BCUT2D eigenvalue weighted by Crippen LogP contribution is 2.39. The molecule has 8 nitrogen and oxygen atoms in total. The Balaban J connectivity index is 1.74. The van der Waals surface area contributed by atoms with E-state index in [-0.39, 0.29) is 22.9 Å². The molecule has 0 aliphatic rings. The summed E-state index contributed by atoms with van der Waals surface area (Å²) in [5, 5.41) is 12.6. The molecule has 0 spiro atoms. The minimum Gasteiger partial charge on any atom is -0.478 e. The average Bonchev–Trinajstić information content (AvgIpc) is 2.95. The van der Waals surface area contributed by atoms with E-state index in [1.54, 1.807) is 36.4 Å². The van der Waals surface area contributed by atoms with E-state index in [9.17, 15) is 19.5 Å². The van der Waals surface area contributed by atoms with Crippen LogP contribution in [0.1, 0.15) is 28.2 Å². The van der Waals surface area contributed by atoms with Crippen LogP contribution in [0.5, 0.6) is 0 Å². The number of para-hydroxylation sites is 1. The summed E-state index contributed by atoms with van der Waals surface area (Å²) in [4.78, 5) is 43.8. The standard InChI is InChI=1S/C30H22Br2N4O4S/c1-17(37)33-24-13-7-8-14-25(24)41-28(18-9-3-2-4-10-18)35-36-27(20-11-5-6-12-21(20)30(39)40)34-26-22(29(36)38)15-19(31)16-23(26)32/h2-16,28,35H,1H3,(H,33,37)(H,39,40). The van der Waals surface area contributed by atoms with E-state index in [2.05, 4.69) is 42.6 Å². The predicted octanol–water partition coefficient (Wildman–Crippen LogP) is 7.28. The van der Waals surface area contributed by atoms with Crippen molar-refractivity contribution in [3.05, 3.63) is 121 Å². The summed E-state index contributed by atoms with van der Waals surface area (Å²) >= 11 is 8.35. The molecule has 0 fully saturated rings. The molecule has 5 rings (SSSR count). The van der Waals surface area contributed by atoms with Gasteiger partial charge in [-0.3, -0.25) is 9.59 Å². The Kier molecular flexibility index (Phi) is 8.57. The molecule has 0 aliphatic carbocycles. The van der Waals surface area contributed by atoms with E-state index in [1.165, 1.54) is 29.4 Å². The van der Waals surface area contributed by atoms with Crippen LogP contribution in [0.25, 0.3) is 22.3 Å². The quantitative estimate of drug-likeness (QED) is 0.116. The number of carbonyl (C=O) groups is 2. The van der Waals surface area contributed by atoms with E-state index in [0.29, 0.717) is 25.5 Å². The number of hydrogen-bond donors (Lipinski definition) is 3. The van der Waals surface area contributed by atoms with Crippen LogP contribution < -0.4 is 16.3 Å². The van der Waals surface area contributed by atoms with Crippen molar-refractivity contribution >= 4 is 72.1 Å². The number of benzene rings is 4. The van der Waals surface area contributed by atoms with Crippen molar-refractivity contribution < 1.29 is 14.7 Å². The van der Waals surface area contributed by atoms with Gasteiger partial charge in [-0.25, -0.2) is 14.5 Å². The topological polar surface area (TPSA) is 113 Å². The van der Waals surface area contributed by atoms with E-state index in [0.717, 1.165) is 10.5 Å². The maximum absolute atomic E-state index is 14.1. The minimum absolute atomic E-state index is 0.00227. The maximum Gasteiger partial charge on any atom is 0.336 e. The van der Waals surface area contributed by atoms with Crippen LogP contribution >= 0.6 is 43.6 Å². The van der Waals surface area contributed by atoms with Crippen molar-refractivity contribution in [1.82, 2.24) is 9.66 Å². The first-order valence-electron chi connectivity index (χ1n) is 12.3. The van der Waals surface area contributed by atoms with Crippen molar-refractivity contribution in [2.24, 2.45) is 0 Å². The number of carbonyl (C=O) groups excluding carboxylic acids is 1. The minimum atomic E-state index is -1.14. The van der Waals surface area contributed by atoms with E-state index in [4.69, 9.17) is 4.98 Å². The monoisotopic (exact) mass is 692 g/mol. The lowest BCUT2D eigenvalue weighted by Gasteiger charge is -2.25. The number of halogens is 2. The van der Waals surface area contributed by atoms with E-state index >= 15 is 0 Å². The lowest BCUT2D eigenvalue weighted by molar-refractivity contribution is -0.114. The summed E-state index contributed by atoms with van der Waals surface area (Å²) in [5.74, 6) is -1.21. The Morgan fingerprint density at radius 2 is 1.63 bits per heavy atom. The molecular weight excluding hydrogens is 672 g/mol. The van der Waals surface area contributed by atoms with Gasteiger partial charge < -0.3 is 15.8 Å². The molecule has 1 heterocycles. The van der Waals surface area contributed by atoms with Gasteiger partial charge in [0, 0.05) is 26.3 Å². The fourth-order valence-electron chi connectivity index (χ4n) is 4.28. The zero-order valence-corrected chi connectivity index (χ0v) is 25.5. The summed E-state index contributed by atoms with van der Waals surface area (Å²) in [6.07, 6.45) is 0. The lowest BCUT2D eigenvalue weighted by Crippen LogP contribution is -2.33. The molecule has 1 amide bonds. The SMILES string of the molecule is CC(=O)Nc1ccccc1SC(Nn1c(-c2ccccc2C(=O)O)nc2c(Br)cc(Br)cc2c1=O)c1ccccc1. The third-order valence-corrected chi connectivity index (χ3v) is 8.37. The fourth-order valence-corrected chi connectivity index (χ4v) is 6.71. The van der Waals surface area contributed by atoms with Crippen LogP contribution in [0.3, 0.4) is 0 Å². The highest BCUT2D eigenvalue weighted by Gasteiger charge is 2.23. The number of amides is 1. The van der Waals surface area contributed by atoms with Gasteiger partial charge in [0.2, 0.25) is 5.91 Å². The Morgan fingerprint density at radius 1 is 0.951 bits per heavy atom. The number of carboxylic acids is 1. The Hall–Kier alpha value is -3.93. The molecular formula is C30H22Br2N4O4S. The molecule has 11 heteroatoms. The van der Waals surface area contributed by atoms with Crippen molar-refractivity contribution in [1.29, 1.82) is 0 Å². The molecule has 0 aliphatic heterocycles. The van der Waals surface area contributed by atoms with Gasteiger partial charge in [0.25, 0.3) is 5.56 Å². The second-order valence-corrected chi connectivity index (χ2v) is 11.8. The van der Waals surface area contributed by atoms with Crippen molar-refractivity contribution in [3.63, 3.8) is 0 Å². The van der Waals surface area contributed by atoms with Crippen LogP contribution in [0, 0.1) is 0 Å². The number of nitrogens with one attached hydrogen (secondary N) is 2. The van der Waals surface area contributed by atoms with E-state index < -0.39 is 16.9 Å². The zero-order chi connectivity index (χ0) is 29.1. The highest BCUT2D eigenvalue weighted by atomic mass is 79.9. The second-order valence-electron chi connectivity index (χ2n) is 8.93. The number of aromatic carboxylic acids is 1. The number of aromatic nitrogens is 2. The molecule has 0 saturated heterocycles. The number of carboxylic acid groups (broad SMARTS) is 1. The summed E-state index contributed by atoms with van der Waals surface area (Å²) in [7, 11) is 0. The molecule has 1 unspecified atom stereocenters. The summed E-state index contributed by atoms with van der Waals surface area (Å²) in [5.41, 5.74) is 5.05. The van der Waals surface area contributed by atoms with Gasteiger partial charge in [0.1, 0.15) is 5.37 Å². The third kappa shape index (κ3) is 6.22. The largest absolute Gasteiger partial charge is 0.478 e. The zero-order valence-electron chi connectivity index (χ0n) is 21.5. The van der Waals surface area contributed by atoms with Gasteiger partial charge in [-0.15, -0.1) is 0 Å². The average molecular weight is 694 g/mol. The first-order chi connectivity index (χ1) is 19.7. The molecule has 1 atom stereocenters. The van der Waals surface area contributed by atoms with Crippen LogP contribution in [0.4, 0.5) is 5.69 Å². The Morgan fingerprint density at radius 3 is 2.37 bits per heavy atom. The van der Waals surface area contributed by atoms with Crippen LogP contribution in [0.2, 0.25) is 0 Å². The Bertz CT molecular complexity index is 1850. The van der Waals surface area contributed by atoms with Gasteiger partial charge in [-0.05, 0) is 51.8 Å². The van der Waals surface area contributed by atoms with Gasteiger partial charge in [0.15, 0.2) is 5.82 Å². The lowest BCUT2D eigenvalue weighted by atomic mass is 10.1. The molecule has 206 valence electrons. The summed E-state index contributed by atoms with van der Waals surface area (Å²) in [6.45, 7) is 1.44. The van der Waals surface area contributed by atoms with Crippen LogP contribution in [0.15, 0.2) is 110 Å². The van der Waals surface area contributed by atoms with Gasteiger partial charge in [0.05, 0.1) is 22.2 Å². The highest BCUT2D eigenvalue weighted by molar-refractivity contribution is 9.11. The molecule has 0 saturated carbocycles. The normalized spacial score (nSPS) is 11.7. The number of anilines is 1. The maximum atomic E-state index is 14.1. The predicted molar refractivity (Wildman–Crippen MR) is 169 cm³/mol. The number of hydrogen-bond acceptors (Lipinski definition) is 6. The molecule has 0 radical (unpaired) electrons. The van der Waals surface area contributed by atoms with Crippen LogP contribution in [-0.2, 0) is 4.79 Å². The fraction of sp³-hybridized carbons (Fsp3) is 0.0667. The molecule has 4 aromatic carbocycles. The molecule has 1 aromatic heterocycles. The number of fused-ring (bicyclic) bond motifs is 1. The first-order valence-corrected chi connectivity index (χ1v) is 14.8. The number of rotatable bonds is 8. The van der Waals surface area contributed by atoms with Gasteiger partial charge >= 0.3 is 5.97 Å². The number of thioether (sulfide) groups is 1. The molecule has 3 N–H and O–H groups in total. The van der Waals surface area contributed by atoms with Crippen molar-refractivity contribution in [2.75, 3.05) is 10.7 Å². The smallest absolute Gasteiger partial charge is 0.336 e. The van der Waals surface area contributed by atoms with Gasteiger partial charge in [-0.1, -0.05) is 88.4 Å². The van der Waals surface area contributed by atoms with Crippen molar-refractivity contribution in [3.8, 4) is 11.4 Å². The third-order valence-electron chi connectivity index (χ3n) is 6.08. The van der Waals surface area contributed by atoms with E-state index in [1.807, 2.05) is 48.5 Å². The van der Waals surface area contributed by atoms with Gasteiger partial charge in [-0.2, -0.15) is 0 Å². The second kappa shape index (κ2) is 12.3. The molecule has 5 aromatic rings.